The van der Waals surface area contributed by atoms with Crippen LogP contribution in [-0.4, -0.2) is 12.1 Å². The average molecular weight is 255 g/mol. The lowest BCUT2D eigenvalue weighted by atomic mass is 10.2. The first-order valence-electron chi connectivity index (χ1n) is 6.07. The molecule has 0 fully saturated rings. The normalized spacial score (nSPS) is 10.0. The third-order valence-corrected chi connectivity index (χ3v) is 2.85. The maximum Gasteiger partial charge on any atom is 0.138 e. The minimum atomic E-state index is 0.512. The molecule has 0 spiro atoms. The van der Waals surface area contributed by atoms with Crippen LogP contribution in [0.5, 0.6) is 11.5 Å². The second kappa shape index (κ2) is 6.05. The summed E-state index contributed by atoms with van der Waals surface area (Å²) in [7, 11) is 1.65. The van der Waals surface area contributed by atoms with Crippen LogP contribution in [0.25, 0.3) is 6.08 Å². The van der Waals surface area contributed by atoms with Gasteiger partial charge in [0.2, 0.25) is 0 Å². The molecular formula is C16H17NO2. The molecule has 0 aliphatic rings. The highest BCUT2D eigenvalue weighted by atomic mass is 16.5. The van der Waals surface area contributed by atoms with Crippen LogP contribution in [-0.2, 0) is 6.61 Å². The Hall–Kier alpha value is -2.29. The van der Waals surface area contributed by atoms with Crippen LogP contribution in [0.2, 0.25) is 0 Å². The lowest BCUT2D eigenvalue weighted by Crippen LogP contribution is -1.97. The summed E-state index contributed by atoms with van der Waals surface area (Å²) in [5.74, 6) is 1.61. The molecule has 3 heteroatoms. The maximum atomic E-state index is 5.71. The Labute approximate surface area is 113 Å². The second-order valence-electron chi connectivity index (χ2n) is 4.21. The molecule has 0 aliphatic heterocycles. The largest absolute Gasteiger partial charge is 0.497 e. The first-order valence-corrected chi connectivity index (χ1v) is 6.07. The second-order valence-corrected chi connectivity index (χ2v) is 4.21. The van der Waals surface area contributed by atoms with Gasteiger partial charge in [-0.3, -0.25) is 4.98 Å². The van der Waals surface area contributed by atoms with E-state index in [9.17, 15) is 0 Å². The van der Waals surface area contributed by atoms with Gasteiger partial charge in [-0.05, 0) is 42.3 Å². The van der Waals surface area contributed by atoms with Gasteiger partial charge in [0.25, 0.3) is 0 Å². The molecule has 0 bridgehead atoms. The molecule has 3 nitrogen and oxygen atoms in total. The van der Waals surface area contributed by atoms with Crippen LogP contribution >= 0.6 is 0 Å². The van der Waals surface area contributed by atoms with E-state index in [1.807, 2.05) is 37.3 Å². The Kier molecular flexibility index (Phi) is 4.18. The standard InChI is InChI=1S/C16H17NO2/c1-4-16-12(2)9-15(10-17-16)19-11-13-5-7-14(18-3)8-6-13/h4-10H,1,11H2,2-3H3. The van der Waals surface area contributed by atoms with Crippen molar-refractivity contribution >= 4 is 6.08 Å². The summed E-state index contributed by atoms with van der Waals surface area (Å²) in [6.45, 7) is 6.22. The molecule has 1 aromatic carbocycles. The van der Waals surface area contributed by atoms with E-state index in [2.05, 4.69) is 11.6 Å². The molecule has 0 radical (unpaired) electrons. The third kappa shape index (κ3) is 3.35. The van der Waals surface area contributed by atoms with E-state index in [1.54, 1.807) is 19.4 Å². The van der Waals surface area contributed by atoms with Crippen molar-refractivity contribution in [3.63, 3.8) is 0 Å². The monoisotopic (exact) mass is 255 g/mol. The predicted octanol–water partition coefficient (Wildman–Crippen LogP) is 3.62. The van der Waals surface area contributed by atoms with Gasteiger partial charge in [-0.15, -0.1) is 0 Å². The highest BCUT2D eigenvalue weighted by Gasteiger charge is 2.01. The molecular weight excluding hydrogens is 238 g/mol. The molecule has 2 aromatic rings. The lowest BCUT2D eigenvalue weighted by molar-refractivity contribution is 0.304. The third-order valence-electron chi connectivity index (χ3n) is 2.85. The van der Waals surface area contributed by atoms with Crippen LogP contribution in [0.4, 0.5) is 0 Å². The van der Waals surface area contributed by atoms with E-state index < -0.39 is 0 Å². The van der Waals surface area contributed by atoms with Crippen molar-refractivity contribution in [2.75, 3.05) is 7.11 Å². The molecule has 19 heavy (non-hydrogen) atoms. The van der Waals surface area contributed by atoms with Crippen molar-refractivity contribution in [3.05, 3.63) is 59.9 Å². The smallest absolute Gasteiger partial charge is 0.138 e. The molecule has 0 N–H and O–H groups in total. The highest BCUT2D eigenvalue weighted by Crippen LogP contribution is 2.17. The fourth-order valence-electron chi connectivity index (χ4n) is 1.74. The topological polar surface area (TPSA) is 31.4 Å². The van der Waals surface area contributed by atoms with E-state index in [0.717, 1.165) is 28.3 Å². The minimum absolute atomic E-state index is 0.512. The number of hydrogen-bond acceptors (Lipinski definition) is 3. The highest BCUT2D eigenvalue weighted by molar-refractivity contribution is 5.48. The van der Waals surface area contributed by atoms with Gasteiger partial charge in [-0.2, -0.15) is 0 Å². The van der Waals surface area contributed by atoms with Crippen molar-refractivity contribution in [1.29, 1.82) is 0 Å². The SMILES string of the molecule is C=Cc1ncc(OCc2ccc(OC)cc2)cc1C. The number of pyridine rings is 1. The van der Waals surface area contributed by atoms with Crippen molar-refractivity contribution in [2.45, 2.75) is 13.5 Å². The number of aromatic nitrogens is 1. The molecule has 0 amide bonds. The van der Waals surface area contributed by atoms with Crippen LogP contribution < -0.4 is 9.47 Å². The van der Waals surface area contributed by atoms with Crippen molar-refractivity contribution in [2.24, 2.45) is 0 Å². The summed E-state index contributed by atoms with van der Waals surface area (Å²) >= 11 is 0. The van der Waals surface area contributed by atoms with Crippen molar-refractivity contribution in [3.8, 4) is 11.5 Å². The van der Waals surface area contributed by atoms with Gasteiger partial charge in [0.05, 0.1) is 19.0 Å². The van der Waals surface area contributed by atoms with E-state index in [-0.39, 0.29) is 0 Å². The van der Waals surface area contributed by atoms with Gasteiger partial charge in [0, 0.05) is 0 Å². The maximum absolute atomic E-state index is 5.71. The number of methoxy groups -OCH3 is 1. The van der Waals surface area contributed by atoms with E-state index in [1.165, 1.54) is 0 Å². The van der Waals surface area contributed by atoms with Crippen LogP contribution in [0.1, 0.15) is 16.8 Å². The van der Waals surface area contributed by atoms with Crippen LogP contribution in [0.3, 0.4) is 0 Å². The molecule has 0 atom stereocenters. The van der Waals surface area contributed by atoms with Gasteiger partial charge in [-0.1, -0.05) is 18.7 Å². The van der Waals surface area contributed by atoms with Gasteiger partial charge in [-0.25, -0.2) is 0 Å². The molecule has 1 heterocycles. The van der Waals surface area contributed by atoms with Crippen LogP contribution in [0, 0.1) is 6.92 Å². The van der Waals surface area contributed by atoms with Crippen LogP contribution in [0.15, 0.2) is 43.1 Å². The quantitative estimate of drug-likeness (QED) is 0.817. The molecule has 2 rings (SSSR count). The molecule has 98 valence electrons. The molecule has 0 saturated heterocycles. The zero-order chi connectivity index (χ0) is 13.7. The molecule has 0 unspecified atom stereocenters. The Bertz CT molecular complexity index is 561. The summed E-state index contributed by atoms with van der Waals surface area (Å²) in [6.07, 6.45) is 3.45. The number of rotatable bonds is 5. The zero-order valence-electron chi connectivity index (χ0n) is 11.2. The summed E-state index contributed by atoms with van der Waals surface area (Å²) < 4.78 is 10.8. The summed E-state index contributed by atoms with van der Waals surface area (Å²) in [4.78, 5) is 4.27. The zero-order valence-corrected chi connectivity index (χ0v) is 11.2. The Morgan fingerprint density at radius 2 is 1.95 bits per heavy atom. The fraction of sp³-hybridized carbons (Fsp3) is 0.188. The Balaban J connectivity index is 2.01. The van der Waals surface area contributed by atoms with Gasteiger partial charge in [0.15, 0.2) is 0 Å². The summed E-state index contributed by atoms with van der Waals surface area (Å²) in [5.41, 5.74) is 3.03. The average Bonchev–Trinajstić information content (AvgIpc) is 2.46. The predicted molar refractivity (Wildman–Crippen MR) is 76.4 cm³/mol. The summed E-state index contributed by atoms with van der Waals surface area (Å²) in [6, 6.07) is 9.77. The molecule has 0 saturated carbocycles. The first-order chi connectivity index (χ1) is 9.22. The molecule has 0 aliphatic carbocycles. The van der Waals surface area contributed by atoms with Crippen molar-refractivity contribution in [1.82, 2.24) is 4.98 Å². The first kappa shape index (κ1) is 13.1. The van der Waals surface area contributed by atoms with Gasteiger partial charge >= 0.3 is 0 Å². The number of nitrogens with zero attached hydrogens (tertiary/aromatic N) is 1. The lowest BCUT2D eigenvalue weighted by Gasteiger charge is -2.08. The minimum Gasteiger partial charge on any atom is -0.497 e. The number of ether oxygens (including phenoxy) is 2. The van der Waals surface area contributed by atoms with Gasteiger partial charge in [0.1, 0.15) is 18.1 Å². The number of hydrogen-bond donors (Lipinski definition) is 0. The van der Waals surface area contributed by atoms with Gasteiger partial charge < -0.3 is 9.47 Å². The van der Waals surface area contributed by atoms with E-state index in [4.69, 9.17) is 9.47 Å². The molecule has 1 aromatic heterocycles. The Morgan fingerprint density at radius 3 is 2.53 bits per heavy atom. The number of benzene rings is 1. The fourth-order valence-corrected chi connectivity index (χ4v) is 1.74. The van der Waals surface area contributed by atoms with E-state index >= 15 is 0 Å². The van der Waals surface area contributed by atoms with Crippen molar-refractivity contribution < 1.29 is 9.47 Å². The number of aryl methyl sites for hydroxylation is 1. The summed E-state index contributed by atoms with van der Waals surface area (Å²) in [5, 5.41) is 0. The Morgan fingerprint density at radius 1 is 1.21 bits per heavy atom. The van der Waals surface area contributed by atoms with E-state index in [0.29, 0.717) is 6.61 Å².